The highest BCUT2D eigenvalue weighted by molar-refractivity contribution is 9.10. The SMILES string of the molecule is Fc1cc(Cl)cc(-c2nccc(Br)n2)c1. The molecule has 0 radical (unpaired) electrons. The molecule has 1 heterocycles. The molecule has 0 N–H and O–H groups in total. The first-order valence-corrected chi connectivity index (χ1v) is 5.27. The fourth-order valence-electron chi connectivity index (χ4n) is 1.16. The molecule has 0 amide bonds. The van der Waals surface area contributed by atoms with E-state index in [0.717, 1.165) is 0 Å². The molecule has 15 heavy (non-hydrogen) atoms. The van der Waals surface area contributed by atoms with E-state index in [2.05, 4.69) is 25.9 Å². The normalized spacial score (nSPS) is 10.3. The lowest BCUT2D eigenvalue weighted by molar-refractivity contribution is 0.628. The van der Waals surface area contributed by atoms with Gasteiger partial charge in [0.15, 0.2) is 5.82 Å². The van der Waals surface area contributed by atoms with Crippen LogP contribution in [0.4, 0.5) is 4.39 Å². The van der Waals surface area contributed by atoms with Gasteiger partial charge in [-0.05, 0) is 40.2 Å². The third-order valence-corrected chi connectivity index (χ3v) is 2.40. The summed E-state index contributed by atoms with van der Waals surface area (Å²) in [7, 11) is 0. The third kappa shape index (κ3) is 2.52. The summed E-state index contributed by atoms with van der Waals surface area (Å²) in [4.78, 5) is 8.13. The molecule has 0 saturated carbocycles. The van der Waals surface area contributed by atoms with E-state index in [1.165, 1.54) is 12.1 Å². The maximum Gasteiger partial charge on any atom is 0.160 e. The smallest absolute Gasteiger partial charge is 0.160 e. The Balaban J connectivity index is 2.54. The van der Waals surface area contributed by atoms with Crippen molar-refractivity contribution in [2.75, 3.05) is 0 Å². The largest absolute Gasteiger partial charge is 0.237 e. The lowest BCUT2D eigenvalue weighted by Crippen LogP contribution is -1.89. The minimum Gasteiger partial charge on any atom is -0.237 e. The van der Waals surface area contributed by atoms with Crippen LogP contribution in [0.5, 0.6) is 0 Å². The second-order valence-corrected chi connectivity index (χ2v) is 4.11. The van der Waals surface area contributed by atoms with Crippen molar-refractivity contribution in [3.63, 3.8) is 0 Å². The van der Waals surface area contributed by atoms with E-state index in [-0.39, 0.29) is 0 Å². The molecule has 1 aromatic carbocycles. The minimum absolute atomic E-state index is 0.327. The van der Waals surface area contributed by atoms with E-state index in [4.69, 9.17) is 11.6 Å². The van der Waals surface area contributed by atoms with E-state index in [0.29, 0.717) is 21.0 Å². The molecular weight excluding hydrogens is 282 g/mol. The highest BCUT2D eigenvalue weighted by Crippen LogP contribution is 2.22. The summed E-state index contributed by atoms with van der Waals surface area (Å²) in [6.07, 6.45) is 1.59. The number of hydrogen-bond donors (Lipinski definition) is 0. The molecule has 0 unspecified atom stereocenters. The summed E-state index contributed by atoms with van der Waals surface area (Å²) in [5.41, 5.74) is 0.557. The second kappa shape index (κ2) is 4.24. The average Bonchev–Trinajstić information content (AvgIpc) is 2.16. The Hall–Kier alpha value is -1.000. The van der Waals surface area contributed by atoms with Crippen molar-refractivity contribution in [1.29, 1.82) is 0 Å². The van der Waals surface area contributed by atoms with Crippen LogP contribution in [0.2, 0.25) is 5.02 Å². The Morgan fingerprint density at radius 2 is 2.07 bits per heavy atom. The van der Waals surface area contributed by atoms with Crippen molar-refractivity contribution in [2.24, 2.45) is 0 Å². The fraction of sp³-hybridized carbons (Fsp3) is 0. The van der Waals surface area contributed by atoms with Crippen molar-refractivity contribution in [1.82, 2.24) is 9.97 Å². The van der Waals surface area contributed by atoms with Gasteiger partial charge in [0, 0.05) is 16.8 Å². The first-order valence-electron chi connectivity index (χ1n) is 4.10. The lowest BCUT2D eigenvalue weighted by atomic mass is 10.2. The van der Waals surface area contributed by atoms with E-state index in [1.807, 2.05) is 0 Å². The number of nitrogens with zero attached hydrogens (tertiary/aromatic N) is 2. The quantitative estimate of drug-likeness (QED) is 0.747. The van der Waals surface area contributed by atoms with Gasteiger partial charge in [-0.1, -0.05) is 11.6 Å². The van der Waals surface area contributed by atoms with Crippen LogP contribution in [0.3, 0.4) is 0 Å². The first kappa shape index (κ1) is 10.5. The molecule has 0 atom stereocenters. The maximum atomic E-state index is 13.1. The van der Waals surface area contributed by atoms with Gasteiger partial charge in [-0.3, -0.25) is 0 Å². The lowest BCUT2D eigenvalue weighted by Gasteiger charge is -2.01. The number of aromatic nitrogens is 2. The van der Waals surface area contributed by atoms with Crippen molar-refractivity contribution in [2.45, 2.75) is 0 Å². The summed E-state index contributed by atoms with van der Waals surface area (Å²) in [6.45, 7) is 0. The molecule has 2 nitrogen and oxygen atoms in total. The Morgan fingerprint density at radius 1 is 1.27 bits per heavy atom. The number of hydrogen-bond acceptors (Lipinski definition) is 2. The number of halogens is 3. The molecule has 0 aliphatic heterocycles. The summed E-state index contributed by atoms with van der Waals surface area (Å²) >= 11 is 8.95. The third-order valence-electron chi connectivity index (χ3n) is 1.74. The van der Waals surface area contributed by atoms with Gasteiger partial charge in [-0.2, -0.15) is 0 Å². The van der Waals surface area contributed by atoms with E-state index < -0.39 is 5.82 Å². The number of rotatable bonds is 1. The second-order valence-electron chi connectivity index (χ2n) is 2.86. The summed E-state index contributed by atoms with van der Waals surface area (Å²) in [5.74, 6) is 0.0341. The van der Waals surface area contributed by atoms with Crippen molar-refractivity contribution in [3.05, 3.63) is 45.9 Å². The topological polar surface area (TPSA) is 25.8 Å². The van der Waals surface area contributed by atoms with Crippen LogP contribution in [0.15, 0.2) is 35.1 Å². The molecule has 5 heteroatoms. The van der Waals surface area contributed by atoms with Crippen molar-refractivity contribution in [3.8, 4) is 11.4 Å². The van der Waals surface area contributed by atoms with E-state index in [9.17, 15) is 4.39 Å². The molecule has 0 aliphatic rings. The minimum atomic E-state index is -0.402. The summed E-state index contributed by atoms with van der Waals surface area (Å²) in [6, 6.07) is 5.90. The summed E-state index contributed by atoms with van der Waals surface area (Å²) < 4.78 is 13.7. The highest BCUT2D eigenvalue weighted by Gasteiger charge is 2.04. The molecule has 76 valence electrons. The molecule has 2 rings (SSSR count). The zero-order valence-electron chi connectivity index (χ0n) is 7.42. The van der Waals surface area contributed by atoms with Crippen LogP contribution in [-0.4, -0.2) is 9.97 Å². The average molecular weight is 288 g/mol. The Bertz CT molecular complexity index is 484. The molecule has 0 bridgehead atoms. The molecule has 1 aromatic heterocycles. The molecule has 0 saturated heterocycles. The van der Waals surface area contributed by atoms with Gasteiger partial charge in [0.05, 0.1) is 0 Å². The van der Waals surface area contributed by atoms with Gasteiger partial charge in [-0.25, -0.2) is 14.4 Å². The first-order chi connectivity index (χ1) is 7.15. The molecule has 0 fully saturated rings. The van der Waals surface area contributed by atoms with E-state index >= 15 is 0 Å². The van der Waals surface area contributed by atoms with Crippen LogP contribution in [0, 0.1) is 5.82 Å². The van der Waals surface area contributed by atoms with E-state index in [1.54, 1.807) is 18.3 Å². The maximum absolute atomic E-state index is 13.1. The highest BCUT2D eigenvalue weighted by atomic mass is 79.9. The Kier molecular flexibility index (Phi) is 2.98. The zero-order chi connectivity index (χ0) is 10.8. The predicted octanol–water partition coefficient (Wildman–Crippen LogP) is 3.70. The van der Waals surface area contributed by atoms with Gasteiger partial charge in [-0.15, -0.1) is 0 Å². The van der Waals surface area contributed by atoms with Crippen LogP contribution >= 0.6 is 27.5 Å². The van der Waals surface area contributed by atoms with Gasteiger partial charge in [0.25, 0.3) is 0 Å². The molecular formula is C10H5BrClFN2. The van der Waals surface area contributed by atoms with Crippen LogP contribution in [0.25, 0.3) is 11.4 Å². The summed E-state index contributed by atoms with van der Waals surface area (Å²) in [5, 5.41) is 0.327. The Morgan fingerprint density at radius 3 is 2.73 bits per heavy atom. The molecule has 2 aromatic rings. The van der Waals surface area contributed by atoms with Crippen LogP contribution < -0.4 is 0 Å². The van der Waals surface area contributed by atoms with Crippen LogP contribution in [0.1, 0.15) is 0 Å². The monoisotopic (exact) mass is 286 g/mol. The van der Waals surface area contributed by atoms with Gasteiger partial charge >= 0.3 is 0 Å². The van der Waals surface area contributed by atoms with Gasteiger partial charge in [0.2, 0.25) is 0 Å². The zero-order valence-corrected chi connectivity index (χ0v) is 9.76. The standard InChI is InChI=1S/C10H5BrClFN2/c11-9-1-2-14-10(15-9)6-3-7(12)5-8(13)4-6/h1-5H. The molecule has 0 aliphatic carbocycles. The predicted molar refractivity (Wildman–Crippen MR) is 60.1 cm³/mol. The van der Waals surface area contributed by atoms with Gasteiger partial charge in [0.1, 0.15) is 10.4 Å². The fourth-order valence-corrected chi connectivity index (χ4v) is 1.67. The molecule has 0 spiro atoms. The van der Waals surface area contributed by atoms with Crippen molar-refractivity contribution >= 4 is 27.5 Å². The van der Waals surface area contributed by atoms with Crippen molar-refractivity contribution < 1.29 is 4.39 Å². The van der Waals surface area contributed by atoms with Crippen LogP contribution in [-0.2, 0) is 0 Å². The number of benzene rings is 1. The van der Waals surface area contributed by atoms with Gasteiger partial charge < -0.3 is 0 Å². The Labute approximate surface area is 99.3 Å².